The number of carbonyl (C=O) groups is 2. The topological polar surface area (TPSA) is 63.6 Å². The van der Waals surface area contributed by atoms with Gasteiger partial charge in [-0.3, -0.25) is 4.79 Å². The van der Waals surface area contributed by atoms with E-state index < -0.39 is 5.97 Å². The van der Waals surface area contributed by atoms with E-state index >= 15 is 0 Å². The largest absolute Gasteiger partial charge is 0.486 e. The van der Waals surface area contributed by atoms with Gasteiger partial charge in [-0.2, -0.15) is 0 Å². The summed E-state index contributed by atoms with van der Waals surface area (Å²) >= 11 is 0. The highest BCUT2D eigenvalue weighted by atomic mass is 16.5. The van der Waals surface area contributed by atoms with Gasteiger partial charge in [0.2, 0.25) is 0 Å². The standard InChI is InChI=1S/C19H24O4/c1-5-13(3)7-9-18(19(21)22)17-10-8-16(11-14(17)4)23-12-15(20)6-2/h7-11,13H,4-6,12H2,1-3H3,(H,21,22)/b9-7-,18-17+. The predicted molar refractivity (Wildman–Crippen MR) is 91.6 cm³/mol. The number of carboxylic acid groups (broad SMARTS) is 1. The van der Waals surface area contributed by atoms with Gasteiger partial charge < -0.3 is 9.84 Å². The molecule has 1 atom stereocenters. The summed E-state index contributed by atoms with van der Waals surface area (Å²) in [6, 6.07) is 4.98. The lowest BCUT2D eigenvalue weighted by atomic mass is 10.0. The molecule has 0 aliphatic heterocycles. The molecule has 1 rings (SSSR count). The first-order valence-corrected chi connectivity index (χ1v) is 7.78. The van der Waals surface area contributed by atoms with Gasteiger partial charge >= 0.3 is 5.97 Å². The van der Waals surface area contributed by atoms with Crippen LogP contribution in [0.25, 0.3) is 12.2 Å². The summed E-state index contributed by atoms with van der Waals surface area (Å²) in [5.41, 5.74) is 0.200. The molecule has 4 heteroatoms. The number of rotatable bonds is 8. The molecule has 1 unspecified atom stereocenters. The van der Waals surface area contributed by atoms with Crippen LogP contribution < -0.4 is 15.2 Å². The van der Waals surface area contributed by atoms with Crippen LogP contribution in [0.4, 0.5) is 0 Å². The first-order chi connectivity index (χ1) is 10.9. The first-order valence-electron chi connectivity index (χ1n) is 7.78. The van der Waals surface area contributed by atoms with Gasteiger partial charge in [0.05, 0.1) is 5.57 Å². The second-order valence-corrected chi connectivity index (χ2v) is 5.46. The van der Waals surface area contributed by atoms with Crippen molar-refractivity contribution in [2.75, 3.05) is 6.61 Å². The van der Waals surface area contributed by atoms with Crippen molar-refractivity contribution in [3.05, 3.63) is 40.8 Å². The third kappa shape index (κ3) is 5.74. The van der Waals surface area contributed by atoms with Gasteiger partial charge in [-0.15, -0.1) is 0 Å². The Balaban J connectivity index is 3.18. The summed E-state index contributed by atoms with van der Waals surface area (Å²) in [7, 11) is 0. The molecule has 0 aliphatic carbocycles. The lowest BCUT2D eigenvalue weighted by Crippen LogP contribution is -2.28. The zero-order valence-corrected chi connectivity index (χ0v) is 14.0. The summed E-state index contributed by atoms with van der Waals surface area (Å²) in [5.74, 6) is -0.172. The molecule has 0 aliphatic rings. The molecular weight excluding hydrogens is 292 g/mol. The fraction of sp³-hybridized carbons (Fsp3) is 0.368. The van der Waals surface area contributed by atoms with Crippen LogP contribution in [0.5, 0.6) is 5.75 Å². The molecule has 0 radical (unpaired) electrons. The van der Waals surface area contributed by atoms with Crippen LogP contribution in [0.3, 0.4) is 0 Å². The molecule has 4 nitrogen and oxygen atoms in total. The van der Waals surface area contributed by atoms with E-state index in [-0.39, 0.29) is 18.0 Å². The van der Waals surface area contributed by atoms with Crippen molar-refractivity contribution < 1.29 is 19.4 Å². The van der Waals surface area contributed by atoms with Crippen LogP contribution in [0.1, 0.15) is 33.6 Å². The number of Topliss-reactive ketones (excluding diaryl/α,β-unsaturated/α-hetero) is 1. The van der Waals surface area contributed by atoms with E-state index in [0.29, 0.717) is 28.5 Å². The fourth-order valence-electron chi connectivity index (χ4n) is 1.86. The Labute approximate surface area is 136 Å². The van der Waals surface area contributed by atoms with Crippen LogP contribution in [-0.4, -0.2) is 23.5 Å². The Hall–Kier alpha value is -2.36. The summed E-state index contributed by atoms with van der Waals surface area (Å²) in [5, 5.41) is 10.5. The van der Waals surface area contributed by atoms with Crippen molar-refractivity contribution in [3.63, 3.8) is 0 Å². The average Bonchev–Trinajstić information content (AvgIpc) is 2.53. The number of ether oxygens (including phenoxy) is 1. The minimum Gasteiger partial charge on any atom is -0.486 e. The first kappa shape index (κ1) is 18.7. The Morgan fingerprint density at radius 2 is 2.04 bits per heavy atom. The Bertz CT molecular complexity index is 701. The van der Waals surface area contributed by atoms with Crippen LogP contribution >= 0.6 is 0 Å². The van der Waals surface area contributed by atoms with E-state index in [4.69, 9.17) is 4.74 Å². The number of carbonyl (C=O) groups excluding carboxylic acids is 1. The minimum absolute atomic E-state index is 0.00830. The van der Waals surface area contributed by atoms with Crippen molar-refractivity contribution in [3.8, 4) is 5.75 Å². The van der Waals surface area contributed by atoms with Crippen molar-refractivity contribution in [2.45, 2.75) is 33.6 Å². The number of benzene rings is 1. The number of hydrogen-bond donors (Lipinski definition) is 1. The van der Waals surface area contributed by atoms with Crippen molar-refractivity contribution >= 4 is 23.9 Å². The highest BCUT2D eigenvalue weighted by Crippen LogP contribution is 2.07. The molecule has 23 heavy (non-hydrogen) atoms. The summed E-state index contributed by atoms with van der Waals surface area (Å²) in [6.45, 7) is 9.76. The fourth-order valence-corrected chi connectivity index (χ4v) is 1.86. The predicted octanol–water partition coefficient (Wildman–Crippen LogP) is 2.29. The average molecular weight is 316 g/mol. The molecule has 124 valence electrons. The lowest BCUT2D eigenvalue weighted by molar-refractivity contribution is -0.130. The number of allylic oxidation sites excluding steroid dienone is 1. The van der Waals surface area contributed by atoms with E-state index in [0.717, 1.165) is 6.42 Å². The SMILES string of the molecule is C=c1cc(OCC(=O)CC)cc/c1=C(/C=C\C(C)CC)C(=O)O. The summed E-state index contributed by atoms with van der Waals surface area (Å²) in [4.78, 5) is 22.8. The van der Waals surface area contributed by atoms with E-state index in [1.807, 2.05) is 19.9 Å². The highest BCUT2D eigenvalue weighted by molar-refractivity contribution is 6.12. The van der Waals surface area contributed by atoms with Crippen LogP contribution in [-0.2, 0) is 9.59 Å². The zero-order valence-electron chi connectivity index (χ0n) is 14.0. The molecule has 1 N–H and O–H groups in total. The van der Waals surface area contributed by atoms with Gasteiger partial charge in [0.1, 0.15) is 12.4 Å². The number of ketones is 1. The van der Waals surface area contributed by atoms with Gasteiger partial charge in [0.25, 0.3) is 0 Å². The molecule has 0 saturated carbocycles. The highest BCUT2D eigenvalue weighted by Gasteiger charge is 2.07. The van der Waals surface area contributed by atoms with E-state index in [2.05, 4.69) is 6.58 Å². The second-order valence-electron chi connectivity index (χ2n) is 5.46. The molecule has 0 saturated heterocycles. The van der Waals surface area contributed by atoms with E-state index in [1.165, 1.54) is 0 Å². The maximum absolute atomic E-state index is 11.5. The lowest BCUT2D eigenvalue weighted by Gasteiger charge is -2.05. The van der Waals surface area contributed by atoms with Gasteiger partial charge in [0.15, 0.2) is 5.78 Å². The van der Waals surface area contributed by atoms with Crippen molar-refractivity contribution in [1.82, 2.24) is 0 Å². The smallest absolute Gasteiger partial charge is 0.336 e. The quantitative estimate of drug-likeness (QED) is 0.799. The van der Waals surface area contributed by atoms with Crippen LogP contribution in [0.2, 0.25) is 0 Å². The maximum Gasteiger partial charge on any atom is 0.336 e. The monoisotopic (exact) mass is 316 g/mol. The molecule has 0 spiro atoms. The van der Waals surface area contributed by atoms with Crippen molar-refractivity contribution in [1.29, 1.82) is 0 Å². The normalized spacial score (nSPS) is 13.7. The maximum atomic E-state index is 11.5. The molecule has 0 bridgehead atoms. The minimum atomic E-state index is -0.996. The molecule has 0 heterocycles. The van der Waals surface area contributed by atoms with Gasteiger partial charge in [-0.25, -0.2) is 4.79 Å². The third-order valence-corrected chi connectivity index (χ3v) is 3.63. The molecule has 0 amide bonds. The molecular formula is C19H24O4. The number of aliphatic carboxylic acids is 1. The van der Waals surface area contributed by atoms with Crippen molar-refractivity contribution in [2.24, 2.45) is 5.92 Å². The van der Waals surface area contributed by atoms with E-state index in [9.17, 15) is 14.7 Å². The van der Waals surface area contributed by atoms with E-state index in [1.54, 1.807) is 31.2 Å². The van der Waals surface area contributed by atoms with Crippen LogP contribution in [0.15, 0.2) is 30.4 Å². The second kappa shape index (κ2) is 8.93. The zero-order chi connectivity index (χ0) is 17.4. The number of carboxylic acids is 1. The number of hydrogen-bond acceptors (Lipinski definition) is 3. The molecule has 1 aromatic carbocycles. The Kier molecular flexibility index (Phi) is 7.26. The van der Waals surface area contributed by atoms with Crippen LogP contribution in [0, 0.1) is 5.92 Å². The molecule has 0 fully saturated rings. The van der Waals surface area contributed by atoms with Gasteiger partial charge in [0, 0.05) is 6.42 Å². The summed E-state index contributed by atoms with van der Waals surface area (Å²) < 4.78 is 5.39. The summed E-state index contributed by atoms with van der Waals surface area (Å²) in [6.07, 6.45) is 4.88. The molecule has 1 aromatic rings. The third-order valence-electron chi connectivity index (χ3n) is 3.63. The van der Waals surface area contributed by atoms with Gasteiger partial charge in [-0.1, -0.05) is 45.9 Å². The Morgan fingerprint density at radius 1 is 1.35 bits per heavy atom. The Morgan fingerprint density at radius 3 is 2.57 bits per heavy atom. The molecule has 0 aromatic heterocycles. The van der Waals surface area contributed by atoms with Gasteiger partial charge in [-0.05, 0) is 34.6 Å².